The number of hydrogen-bond acceptors (Lipinski definition) is 22. The van der Waals surface area contributed by atoms with Gasteiger partial charge in [-0.15, -0.1) is 0 Å². The van der Waals surface area contributed by atoms with Crippen molar-refractivity contribution in [1.29, 1.82) is 0 Å². The number of carbonyl (C=O) groups excluding carboxylic acids is 5. The Hall–Kier alpha value is -11.8. The van der Waals surface area contributed by atoms with Gasteiger partial charge in [-0.2, -0.15) is 44.5 Å². The Balaban J connectivity index is 0. The van der Waals surface area contributed by atoms with E-state index >= 15 is 0 Å². The molecule has 640 valence electrons. The predicted octanol–water partition coefficient (Wildman–Crippen LogP) is 15.9. The first kappa shape index (κ1) is 89.1. The Labute approximate surface area is 692 Å². The second-order valence-electron chi connectivity index (χ2n) is 26.9. The Morgan fingerprint density at radius 1 is 0.453 bits per heavy atom. The molecule has 5 amide bonds. The number of rotatable bonds is 23. The van der Waals surface area contributed by atoms with Gasteiger partial charge >= 0.3 is 18.5 Å². The molecular formula is C69H85Cl5F12N26O5. The number of aromatic nitrogens is 17. The van der Waals surface area contributed by atoms with E-state index in [0.717, 1.165) is 17.8 Å². The second-order valence-corrected chi connectivity index (χ2v) is 29.0. The molecule has 0 saturated heterocycles. The largest absolute Gasteiger partial charge is 0.405 e. The van der Waals surface area contributed by atoms with Crippen LogP contribution < -0.4 is 48.3 Å². The average Bonchev–Trinajstić information content (AvgIpc) is 1.69. The highest BCUT2D eigenvalue weighted by atomic mass is 35.5. The smallest absolute Gasteiger partial charge is 0.365 e. The zero-order chi connectivity index (χ0) is 86.0. The van der Waals surface area contributed by atoms with Crippen LogP contribution in [0.25, 0.3) is 89.7 Å². The Kier molecular flexibility index (Phi) is 27.8. The number of carbonyl (C=O) groups is 5. The van der Waals surface area contributed by atoms with Gasteiger partial charge in [0.2, 0.25) is 29.6 Å². The number of hydrogen-bond donors (Lipinski definition) is 13. The highest BCUT2D eigenvalue weighted by molar-refractivity contribution is 6.34. The minimum Gasteiger partial charge on any atom is -0.365 e. The number of anilines is 4. The van der Waals surface area contributed by atoms with Gasteiger partial charge < -0.3 is 68.2 Å². The number of aromatic amines is 4. The number of nitrogens with one attached hydrogen (secondary N) is 12. The lowest BCUT2D eigenvalue weighted by Gasteiger charge is -2.27. The first-order valence-electron chi connectivity index (χ1n) is 33.8. The van der Waals surface area contributed by atoms with Gasteiger partial charge in [-0.25, -0.2) is 73.0 Å². The summed E-state index contributed by atoms with van der Waals surface area (Å²) in [6, 6.07) is 5.36. The van der Waals surface area contributed by atoms with Gasteiger partial charge in [0.15, 0.2) is 23.3 Å². The number of fused-ring (bicyclic) bond motifs is 4. The summed E-state index contributed by atoms with van der Waals surface area (Å²) < 4.78 is 150. The number of amides is 5. The van der Waals surface area contributed by atoms with Crippen LogP contribution in [0, 0.1) is 11.7 Å². The molecule has 48 heteroatoms. The van der Waals surface area contributed by atoms with Gasteiger partial charge in [-0.05, 0) is 71.7 Å². The molecule has 0 aliphatic carbocycles. The van der Waals surface area contributed by atoms with E-state index < -0.39 is 109 Å². The van der Waals surface area contributed by atoms with Crippen LogP contribution in [-0.4, -0.2) is 188 Å². The summed E-state index contributed by atoms with van der Waals surface area (Å²) in [5.41, 5.74) is 5.20. The minimum absolute atomic E-state index is 0. The molecule has 1 atom stereocenters. The number of alkyl halides is 11. The summed E-state index contributed by atoms with van der Waals surface area (Å²) in [6.45, 7) is 6.75. The molecule has 0 aromatic carbocycles. The lowest BCUT2D eigenvalue weighted by Crippen LogP contribution is -2.50. The number of nitrogens with two attached hydrogens (primary N) is 1. The van der Waals surface area contributed by atoms with Crippen LogP contribution in [0.5, 0.6) is 0 Å². The van der Waals surface area contributed by atoms with Crippen molar-refractivity contribution in [1.82, 2.24) is 106 Å². The van der Waals surface area contributed by atoms with Gasteiger partial charge in [0, 0.05) is 108 Å². The zero-order valence-electron chi connectivity index (χ0n) is 61.7. The fourth-order valence-electron chi connectivity index (χ4n) is 10.3. The maximum Gasteiger partial charge on any atom is 0.405 e. The van der Waals surface area contributed by atoms with Crippen molar-refractivity contribution in [2.24, 2.45) is 11.7 Å². The van der Waals surface area contributed by atoms with Crippen molar-refractivity contribution < 1.29 is 90.9 Å². The molecule has 0 aliphatic rings. The first-order chi connectivity index (χ1) is 54.6. The molecule has 0 aliphatic heterocycles. The van der Waals surface area contributed by atoms with Crippen LogP contribution in [0.15, 0.2) is 98.8 Å². The molecule has 0 bridgehead atoms. The Morgan fingerprint density at radius 3 is 1.19 bits per heavy atom. The number of H-pyrrole nitrogens is 4. The predicted molar refractivity (Wildman–Crippen MR) is 433 cm³/mol. The normalized spacial score (nSPS) is 12.3. The number of nitrogens with zero attached hydrogens (tertiary/aromatic N) is 13. The molecule has 31 nitrogen and oxygen atoms in total. The van der Waals surface area contributed by atoms with Crippen LogP contribution in [0.4, 0.5) is 76.1 Å². The van der Waals surface area contributed by atoms with E-state index in [2.05, 4.69) is 111 Å². The molecule has 12 rings (SSSR count). The van der Waals surface area contributed by atoms with E-state index in [1.165, 1.54) is 91.1 Å². The fourth-order valence-corrected chi connectivity index (χ4v) is 11.1. The monoisotopic (exact) mass is 1760 g/mol. The molecule has 0 unspecified atom stereocenters. The molecule has 12 aromatic heterocycles. The highest BCUT2D eigenvalue weighted by Crippen LogP contribution is 2.35. The molecule has 12 aromatic rings. The molecule has 0 saturated carbocycles. The average molecular weight is 1760 g/mol. The van der Waals surface area contributed by atoms with Crippen LogP contribution in [0.2, 0.25) is 25.1 Å². The summed E-state index contributed by atoms with van der Waals surface area (Å²) in [7, 11) is 0. The van der Waals surface area contributed by atoms with Gasteiger partial charge in [0.05, 0.1) is 45.8 Å². The van der Waals surface area contributed by atoms with E-state index in [0.29, 0.717) is 81.9 Å². The maximum atomic E-state index is 13.6. The molecule has 0 spiro atoms. The summed E-state index contributed by atoms with van der Waals surface area (Å²) >= 11 is 30.3. The number of pyridine rings is 4. The summed E-state index contributed by atoms with van der Waals surface area (Å²) in [5, 5.41) is 22.7. The van der Waals surface area contributed by atoms with E-state index in [1.807, 2.05) is 10.6 Å². The van der Waals surface area contributed by atoms with Crippen LogP contribution in [0.1, 0.15) is 80.0 Å². The molecular weight excluding hydrogens is 1680 g/mol. The number of primary amides is 1. The lowest BCUT2D eigenvalue weighted by molar-refractivity contribution is -0.140. The highest BCUT2D eigenvalue weighted by Gasteiger charge is 2.38. The fraction of sp³-hybridized carbons (Fsp3) is 0.304. The maximum absolute atomic E-state index is 13.6. The lowest BCUT2D eigenvalue weighted by atomic mass is 10.0. The van der Waals surface area contributed by atoms with Crippen molar-refractivity contribution in [3.05, 3.63) is 135 Å². The van der Waals surface area contributed by atoms with E-state index in [-0.39, 0.29) is 76.7 Å². The summed E-state index contributed by atoms with van der Waals surface area (Å²) in [4.78, 5) is 126. The van der Waals surface area contributed by atoms with Crippen molar-refractivity contribution in [2.75, 3.05) is 47.4 Å². The van der Waals surface area contributed by atoms with E-state index in [1.54, 1.807) is 56.0 Å². The molecule has 0 fully saturated rings. The van der Waals surface area contributed by atoms with Gasteiger partial charge in [-0.1, -0.05) is 71.9 Å². The van der Waals surface area contributed by atoms with Gasteiger partial charge in [0.1, 0.15) is 105 Å². The molecule has 0 radical (unpaired) electrons. The number of halogens is 17. The van der Waals surface area contributed by atoms with Crippen LogP contribution in [-0.2, 0) is 19.2 Å². The quantitative estimate of drug-likeness (QED) is 0.0265. The van der Waals surface area contributed by atoms with Crippen molar-refractivity contribution >= 4 is 155 Å². The third kappa shape index (κ3) is 23.9. The van der Waals surface area contributed by atoms with Crippen molar-refractivity contribution in [2.45, 2.75) is 103 Å². The van der Waals surface area contributed by atoms with Crippen molar-refractivity contribution in [3.8, 4) is 45.6 Å². The summed E-state index contributed by atoms with van der Waals surface area (Å²) in [5.74, 6) is -4.04. The molecule has 117 heavy (non-hydrogen) atoms. The SMILES string of the molecule is CC(C)(Nc1nc(-c2c[nH]c3ncc(Cl)cc23)ncc1Cl)C(=O)NCC(F)(F)F.CC(C)(Nc1nc(-c2c[nH]c3ncc(Cl)cc23)ncc1Cl)C(=O)NCC(F)F.CC(C)(Nc1nc(-c2c[nH]c3ncc(F)cc23)ncc1C(N)=O)C(=O)NCC(F)(F)F.CC(C)[C@@H](Nc1ncnc(-c2c[nH]c3ncc(Cl)cc23)n1)C(=O)NCC(F)(F)F.[HH].[HH].[HH].[HH].[HH].[HH].[HH].[HH].[HH].[HH]. The Bertz CT molecular complexity index is 5680. The molecule has 12 heterocycles. The van der Waals surface area contributed by atoms with Gasteiger partial charge in [-0.3, -0.25) is 24.0 Å². The molecule has 14 N–H and O–H groups in total. The summed E-state index contributed by atoms with van der Waals surface area (Å²) in [6.07, 6.45) is 0.778. The Morgan fingerprint density at radius 2 is 0.803 bits per heavy atom. The first-order valence-corrected chi connectivity index (χ1v) is 35.7. The third-order valence-corrected chi connectivity index (χ3v) is 17.3. The zero-order valence-corrected chi connectivity index (χ0v) is 65.4. The topological polar surface area (TPSA) is 438 Å². The van der Waals surface area contributed by atoms with Crippen LogP contribution in [0.3, 0.4) is 0 Å². The van der Waals surface area contributed by atoms with E-state index in [9.17, 15) is 76.7 Å². The van der Waals surface area contributed by atoms with Crippen LogP contribution >= 0.6 is 58.0 Å². The van der Waals surface area contributed by atoms with Gasteiger partial charge in [0.25, 0.3) is 12.3 Å². The third-order valence-electron chi connectivity index (χ3n) is 16.1. The van der Waals surface area contributed by atoms with E-state index in [4.69, 9.17) is 63.7 Å². The minimum atomic E-state index is -4.59. The van der Waals surface area contributed by atoms with Crippen molar-refractivity contribution in [3.63, 3.8) is 0 Å². The second kappa shape index (κ2) is 36.6. The standard InChI is InChI=1S/C18H17F4N7O2.C17H15Cl2F3N6O.C17H16Cl2F2N6O.C17H17ClF3N7O.10H2/c1-17(2,16(31)27-7-18(20,21)22)29-15-11(12(23)30)6-26-14(28-15)10-5-25-13-9(10)3-8(19)4-24-13;1-16(2,15(29)26-7-17(20,21)22)28-14-11(19)6-25-13(27-14)10-5-24-12-9(10)3-8(18)4-23-12;1-17(2,16(28)25-7-12(20)21)27-15-11(19)6-24-14(26-15)10-5-23-13-9(10)3-8(18)4-22-13;1-8(2)12(15(29)24-6-17(19,20)21)27-16-26-7-25-14(28-16)11-5-23-13-10(11)3-9(18)4-22-13;;;;;;;;;;/h3-6H,7H2,1-2H3,(H2,23,30)(H,24,25)(H,27,31)(H,26,28,29);3-6H,7H2,1-2H3,(H,23,24)(H,26,29)(H,25,27,28);3-6,12H,7H2,1-2H3,(H,22,23)(H,25,28)(H,24,26,27);3-5,7-8,12H,6H2,1-2H3,(H,22,23)(H,24,29)(H,25,26,27,28);10*1H/t;;;12-;;;;;;;;;;/m...1........../s1.